The van der Waals surface area contributed by atoms with Gasteiger partial charge in [-0.05, 0) is 59.2 Å². The normalized spacial score (nSPS) is 14.2. The Bertz CT molecular complexity index is 1450. The fourth-order valence-electron chi connectivity index (χ4n) is 3.76. The Labute approximate surface area is 203 Å². The second kappa shape index (κ2) is 9.26. The first-order valence-corrected chi connectivity index (χ1v) is 10.5. The van der Waals surface area contributed by atoms with E-state index in [4.69, 9.17) is 4.74 Å². The van der Waals surface area contributed by atoms with E-state index in [2.05, 4.69) is 0 Å². The number of hydrogen-bond donors (Lipinski definition) is 7. The minimum absolute atomic E-state index is 0.0832. The summed E-state index contributed by atoms with van der Waals surface area (Å²) in [6.45, 7) is 0. The molecule has 10 nitrogen and oxygen atoms in total. The number of rotatable bonds is 6. The van der Waals surface area contributed by atoms with Crippen molar-refractivity contribution in [1.29, 1.82) is 0 Å². The van der Waals surface area contributed by atoms with Crippen molar-refractivity contribution < 1.29 is 50.1 Å². The standard InChI is InChI=1S/C26H20O10/c27-17-4-1-12(8-20(17)30)7-15-16(11-14-3-6-19(29)24(32)23(14)15)26(35)36-22(25(33)34)10-13-2-5-18(28)21(31)9-13/h1-9,11,22,27-32H,10H2,(H,33,34). The van der Waals surface area contributed by atoms with Crippen LogP contribution in [0.5, 0.6) is 34.5 Å². The summed E-state index contributed by atoms with van der Waals surface area (Å²) in [7, 11) is 0. The third-order valence-electron chi connectivity index (χ3n) is 5.56. The van der Waals surface area contributed by atoms with Crippen LogP contribution in [0.25, 0.3) is 17.7 Å². The van der Waals surface area contributed by atoms with Crippen molar-refractivity contribution in [2.75, 3.05) is 0 Å². The quantitative estimate of drug-likeness (QED) is 0.199. The van der Waals surface area contributed by atoms with Gasteiger partial charge in [0.25, 0.3) is 0 Å². The lowest BCUT2D eigenvalue weighted by atomic mass is 9.98. The predicted octanol–water partition coefficient (Wildman–Crippen LogP) is 3.10. The van der Waals surface area contributed by atoms with Crippen molar-refractivity contribution in [3.63, 3.8) is 0 Å². The maximum absolute atomic E-state index is 13.1. The van der Waals surface area contributed by atoms with Crippen LogP contribution in [0.3, 0.4) is 0 Å². The molecular formula is C26H20O10. The van der Waals surface area contributed by atoms with Crippen LogP contribution in [0.1, 0.15) is 22.3 Å². The molecule has 0 bridgehead atoms. The number of benzene rings is 3. The SMILES string of the molecule is O=C(OC(Cc1ccc(O)c(O)c1)C(=O)O)C1=Cc2ccc(O)c(O)c2C1=Cc1ccc(O)c(O)c1. The van der Waals surface area contributed by atoms with Crippen LogP contribution < -0.4 is 0 Å². The molecule has 4 rings (SSSR count). The van der Waals surface area contributed by atoms with Gasteiger partial charge in [-0.15, -0.1) is 0 Å². The Morgan fingerprint density at radius 1 is 0.806 bits per heavy atom. The maximum Gasteiger partial charge on any atom is 0.345 e. The zero-order chi connectivity index (χ0) is 26.1. The number of aromatic hydroxyl groups is 6. The molecule has 3 aromatic carbocycles. The average Bonchev–Trinajstić information content (AvgIpc) is 3.19. The number of phenolic OH excluding ortho intramolecular Hbond substituents is 6. The third kappa shape index (κ3) is 4.60. The van der Waals surface area contributed by atoms with Crippen LogP contribution in [0.2, 0.25) is 0 Å². The first-order chi connectivity index (χ1) is 17.0. The van der Waals surface area contributed by atoms with E-state index in [0.29, 0.717) is 11.1 Å². The van der Waals surface area contributed by atoms with E-state index in [1.807, 2.05) is 0 Å². The van der Waals surface area contributed by atoms with Crippen molar-refractivity contribution >= 4 is 29.7 Å². The molecule has 36 heavy (non-hydrogen) atoms. The smallest absolute Gasteiger partial charge is 0.345 e. The lowest BCUT2D eigenvalue weighted by Gasteiger charge is -2.16. The number of fused-ring (bicyclic) bond motifs is 1. The average molecular weight is 492 g/mol. The van der Waals surface area contributed by atoms with E-state index >= 15 is 0 Å². The topological polar surface area (TPSA) is 185 Å². The van der Waals surface area contributed by atoms with E-state index in [-0.39, 0.29) is 34.4 Å². The first kappa shape index (κ1) is 24.0. The molecule has 0 aliphatic heterocycles. The Kier molecular flexibility index (Phi) is 6.18. The van der Waals surface area contributed by atoms with Crippen molar-refractivity contribution in [1.82, 2.24) is 0 Å². The number of phenols is 6. The highest BCUT2D eigenvalue weighted by atomic mass is 16.6. The van der Waals surface area contributed by atoms with Gasteiger partial charge in [-0.3, -0.25) is 0 Å². The van der Waals surface area contributed by atoms with Crippen molar-refractivity contribution in [3.05, 3.63) is 76.4 Å². The number of carboxylic acids is 1. The number of hydrogen-bond acceptors (Lipinski definition) is 9. The van der Waals surface area contributed by atoms with Crippen molar-refractivity contribution in [2.24, 2.45) is 0 Å². The highest BCUT2D eigenvalue weighted by Crippen LogP contribution is 2.46. The summed E-state index contributed by atoms with van der Waals surface area (Å²) in [5.74, 6) is -5.13. The minimum atomic E-state index is -1.66. The molecule has 184 valence electrons. The number of ether oxygens (including phenoxy) is 1. The third-order valence-corrected chi connectivity index (χ3v) is 5.56. The van der Waals surface area contributed by atoms with Gasteiger partial charge in [-0.2, -0.15) is 0 Å². The summed E-state index contributed by atoms with van der Waals surface area (Å²) in [5.41, 5.74) is 1.00. The second-order valence-corrected chi connectivity index (χ2v) is 8.02. The van der Waals surface area contributed by atoms with Gasteiger partial charge in [0.1, 0.15) is 0 Å². The molecule has 7 N–H and O–H groups in total. The fraction of sp³-hybridized carbons (Fsp3) is 0.0769. The summed E-state index contributed by atoms with van der Waals surface area (Å²) in [4.78, 5) is 25.0. The lowest BCUT2D eigenvalue weighted by Crippen LogP contribution is -2.29. The Morgan fingerprint density at radius 3 is 2.08 bits per heavy atom. The van der Waals surface area contributed by atoms with E-state index in [9.17, 15) is 45.3 Å². The molecular weight excluding hydrogens is 472 g/mol. The van der Waals surface area contributed by atoms with Crippen LogP contribution in [-0.4, -0.2) is 53.8 Å². The number of esters is 1. The van der Waals surface area contributed by atoms with Gasteiger partial charge in [0, 0.05) is 17.6 Å². The number of carboxylic acid groups (broad SMARTS) is 1. The Morgan fingerprint density at radius 2 is 1.44 bits per heavy atom. The molecule has 0 fully saturated rings. The van der Waals surface area contributed by atoms with Gasteiger partial charge in [0.15, 0.2) is 34.5 Å². The number of carbonyl (C=O) groups excluding carboxylic acids is 1. The summed E-state index contributed by atoms with van der Waals surface area (Å²) in [5, 5.41) is 68.6. The van der Waals surface area contributed by atoms with Gasteiger partial charge in [0.05, 0.1) is 5.57 Å². The molecule has 0 amide bonds. The van der Waals surface area contributed by atoms with Gasteiger partial charge in [0.2, 0.25) is 6.10 Å². The van der Waals surface area contributed by atoms with Crippen molar-refractivity contribution in [3.8, 4) is 34.5 Å². The molecule has 1 atom stereocenters. The Hall–Kier alpha value is -5.12. The first-order valence-electron chi connectivity index (χ1n) is 10.5. The van der Waals surface area contributed by atoms with Crippen LogP contribution in [-0.2, 0) is 20.7 Å². The van der Waals surface area contributed by atoms with E-state index < -0.39 is 46.8 Å². The van der Waals surface area contributed by atoms with Crippen molar-refractivity contribution in [2.45, 2.75) is 12.5 Å². The summed E-state index contributed by atoms with van der Waals surface area (Å²) in [6, 6.07) is 10.2. The van der Waals surface area contributed by atoms with E-state index in [1.54, 1.807) is 0 Å². The summed E-state index contributed by atoms with van der Waals surface area (Å²) >= 11 is 0. The Balaban J connectivity index is 1.70. The molecule has 1 aliphatic carbocycles. The monoisotopic (exact) mass is 492 g/mol. The molecule has 0 heterocycles. The van der Waals surface area contributed by atoms with Gasteiger partial charge < -0.3 is 40.5 Å². The second-order valence-electron chi connectivity index (χ2n) is 8.02. The summed E-state index contributed by atoms with van der Waals surface area (Å²) in [6.07, 6.45) is 0.776. The molecule has 0 radical (unpaired) electrons. The van der Waals surface area contributed by atoms with E-state index in [0.717, 1.165) is 6.07 Å². The van der Waals surface area contributed by atoms with Gasteiger partial charge in [-0.25, -0.2) is 9.59 Å². The number of aliphatic carboxylic acids is 1. The van der Waals surface area contributed by atoms with Gasteiger partial charge in [-0.1, -0.05) is 18.2 Å². The van der Waals surface area contributed by atoms with Crippen LogP contribution in [0.15, 0.2) is 54.1 Å². The minimum Gasteiger partial charge on any atom is -0.504 e. The van der Waals surface area contributed by atoms with Crippen LogP contribution in [0.4, 0.5) is 0 Å². The molecule has 1 aliphatic rings. The van der Waals surface area contributed by atoms with Crippen LogP contribution in [0, 0.1) is 0 Å². The maximum atomic E-state index is 13.1. The molecule has 0 aromatic heterocycles. The fourth-order valence-corrected chi connectivity index (χ4v) is 3.76. The van der Waals surface area contributed by atoms with Gasteiger partial charge >= 0.3 is 11.9 Å². The molecule has 0 saturated heterocycles. The van der Waals surface area contributed by atoms with E-state index in [1.165, 1.54) is 54.6 Å². The molecule has 1 unspecified atom stereocenters. The largest absolute Gasteiger partial charge is 0.504 e. The molecule has 0 saturated carbocycles. The highest BCUT2D eigenvalue weighted by molar-refractivity contribution is 6.19. The molecule has 10 heteroatoms. The summed E-state index contributed by atoms with van der Waals surface area (Å²) < 4.78 is 5.26. The lowest BCUT2D eigenvalue weighted by molar-refractivity contribution is -0.160. The van der Waals surface area contributed by atoms with Crippen LogP contribution >= 0.6 is 0 Å². The zero-order valence-corrected chi connectivity index (χ0v) is 18.4. The highest BCUT2D eigenvalue weighted by Gasteiger charge is 2.32. The predicted molar refractivity (Wildman–Crippen MR) is 126 cm³/mol. The molecule has 3 aromatic rings. The number of carbonyl (C=O) groups is 2. The molecule has 0 spiro atoms. The zero-order valence-electron chi connectivity index (χ0n) is 18.4.